The van der Waals surface area contributed by atoms with Gasteiger partial charge in [0.15, 0.2) is 0 Å². The summed E-state index contributed by atoms with van der Waals surface area (Å²) < 4.78 is 11.8. The number of pyridine rings is 2. The first-order chi connectivity index (χ1) is 22.9. The van der Waals surface area contributed by atoms with Crippen molar-refractivity contribution in [1.82, 2.24) is 0 Å². The standard InChI is InChI=1S/C28H24NO.C16H20GeN.Ir/c1-18(2)21-14-15-29(4)25(16-21)27-19(3)10-12-24-23-13-11-22(17-26(23)30-28(24)27)20-8-6-5-7-9-20;1-13-8-6-7-9-15(13)16-11-10-14(12-18(16)5)17(2,3)4;/h5-18H,3-4H2,1-2H3;6-12H,1,5H2,2-4H3;/q2*-1;. The van der Waals surface area contributed by atoms with Gasteiger partial charge in [-0.1, -0.05) is 73.5 Å². The van der Waals surface area contributed by atoms with Crippen molar-refractivity contribution in [2.75, 3.05) is 0 Å². The predicted octanol–water partition coefficient (Wildman–Crippen LogP) is 10.2. The average Bonchev–Trinajstić information content (AvgIpc) is 3.43. The zero-order valence-corrected chi connectivity index (χ0v) is 33.6. The average molecular weight is 882 g/mol. The quantitative estimate of drug-likeness (QED) is 0.0959. The van der Waals surface area contributed by atoms with E-state index < -0.39 is 13.3 Å². The van der Waals surface area contributed by atoms with Crippen LogP contribution in [0.15, 0.2) is 126 Å². The molecule has 0 atom stereocenters. The second kappa shape index (κ2) is 14.6. The maximum absolute atomic E-state index is 6.46. The summed E-state index contributed by atoms with van der Waals surface area (Å²) in [5, 5.41) is 2.21. The van der Waals surface area contributed by atoms with Gasteiger partial charge < -0.3 is 8.98 Å². The number of nitrogens with zero attached hydrogens (tertiary/aromatic N) is 2. The smallest absolute Gasteiger partial charge is 0 e. The summed E-state index contributed by atoms with van der Waals surface area (Å²) >= 11 is -1.78. The maximum atomic E-state index is 6.46. The predicted molar refractivity (Wildman–Crippen MR) is 204 cm³/mol. The molecular formula is C44H44GeIrN2O-2. The van der Waals surface area contributed by atoms with E-state index in [4.69, 9.17) is 4.42 Å². The first-order valence-electron chi connectivity index (χ1n) is 16.4. The summed E-state index contributed by atoms with van der Waals surface area (Å²) in [6, 6.07) is 37.9. The van der Waals surface area contributed by atoms with E-state index in [0.29, 0.717) is 5.92 Å². The second-order valence-corrected chi connectivity index (χ2v) is 24.5. The van der Waals surface area contributed by atoms with Gasteiger partial charge in [-0.2, -0.15) is 18.6 Å². The van der Waals surface area contributed by atoms with Crippen molar-refractivity contribution in [3.05, 3.63) is 166 Å². The number of furan rings is 1. The Morgan fingerprint density at radius 3 is 2.02 bits per heavy atom. The van der Waals surface area contributed by atoms with Gasteiger partial charge >= 0.3 is 113 Å². The molecule has 0 bridgehead atoms. The number of fused-ring (bicyclic) bond motifs is 3. The molecule has 0 aliphatic rings. The van der Waals surface area contributed by atoms with Crippen molar-refractivity contribution in [3.8, 4) is 33.6 Å². The molecule has 4 aromatic carbocycles. The fourth-order valence-electron chi connectivity index (χ4n) is 6.10. The zero-order valence-electron chi connectivity index (χ0n) is 29.1. The Morgan fingerprint density at radius 1 is 0.653 bits per heavy atom. The molecule has 7 aromatic rings. The summed E-state index contributed by atoms with van der Waals surface area (Å²) in [5.74, 6) is 7.61. The van der Waals surface area contributed by atoms with E-state index in [1.54, 1.807) is 0 Å². The van der Waals surface area contributed by atoms with Crippen LogP contribution >= 0.6 is 0 Å². The minimum atomic E-state index is -1.78. The van der Waals surface area contributed by atoms with Crippen LogP contribution in [0.5, 0.6) is 0 Å². The molecule has 251 valence electrons. The molecule has 5 heteroatoms. The Kier molecular flexibility index (Phi) is 10.7. The van der Waals surface area contributed by atoms with Crippen LogP contribution in [0.3, 0.4) is 0 Å². The Hall–Kier alpha value is -4.35. The van der Waals surface area contributed by atoms with Crippen molar-refractivity contribution in [1.29, 1.82) is 0 Å². The molecule has 0 aliphatic heterocycles. The van der Waals surface area contributed by atoms with Gasteiger partial charge in [0.05, 0.1) is 17.5 Å². The third-order valence-corrected chi connectivity index (χ3v) is 13.3. The molecule has 7 rings (SSSR count). The number of hydrogen-bond donors (Lipinski definition) is 0. The van der Waals surface area contributed by atoms with Gasteiger partial charge in [0.1, 0.15) is 5.58 Å². The molecule has 1 radical (unpaired) electrons. The molecule has 0 spiro atoms. The first kappa shape index (κ1) is 35.9. The molecule has 0 saturated heterocycles. The topological polar surface area (TPSA) is 20.9 Å². The molecule has 0 unspecified atom stereocenters. The summed E-state index contributed by atoms with van der Waals surface area (Å²) in [5.41, 5.74) is 11.6. The Morgan fingerprint density at radius 2 is 1.35 bits per heavy atom. The summed E-state index contributed by atoms with van der Waals surface area (Å²) in [7, 11) is 8.33. The fourth-order valence-corrected chi connectivity index (χ4v) is 8.46. The molecule has 0 fully saturated rings. The molecule has 0 saturated carbocycles. The van der Waals surface area contributed by atoms with Gasteiger partial charge in [-0.05, 0) is 29.2 Å². The van der Waals surface area contributed by atoms with Crippen LogP contribution in [0.2, 0.25) is 17.3 Å². The fraction of sp³-hybridized carbons (Fsp3) is 0.136. The number of rotatable bonds is 5. The molecule has 3 aromatic heterocycles. The van der Waals surface area contributed by atoms with Crippen LogP contribution in [-0.2, 0) is 20.1 Å². The van der Waals surface area contributed by atoms with Crippen molar-refractivity contribution < 1.29 is 33.7 Å². The molecule has 49 heavy (non-hydrogen) atoms. The van der Waals surface area contributed by atoms with E-state index in [-0.39, 0.29) is 20.1 Å². The van der Waals surface area contributed by atoms with E-state index in [0.717, 1.165) is 61.1 Å². The Labute approximate surface area is 308 Å². The van der Waals surface area contributed by atoms with Gasteiger partial charge in [0.2, 0.25) is 0 Å². The number of benzene rings is 4. The van der Waals surface area contributed by atoms with E-state index in [9.17, 15) is 0 Å². The molecule has 0 amide bonds. The number of aromatic nitrogens is 2. The monoisotopic (exact) mass is 883 g/mol. The molecule has 0 aliphatic carbocycles. The van der Waals surface area contributed by atoms with Crippen molar-refractivity contribution in [2.45, 2.75) is 37.0 Å². The largest absolute Gasteiger partial charge is 0 e. The Bertz CT molecular complexity index is 2250. The molecule has 3 nitrogen and oxygen atoms in total. The van der Waals surface area contributed by atoms with E-state index >= 15 is 0 Å². The minimum absolute atomic E-state index is 0. The third-order valence-electron chi connectivity index (χ3n) is 9.00. The third kappa shape index (κ3) is 7.48. The van der Waals surface area contributed by atoms with E-state index in [2.05, 4.69) is 150 Å². The van der Waals surface area contributed by atoms with Crippen LogP contribution in [0.25, 0.3) is 55.6 Å². The second-order valence-electron chi connectivity index (χ2n) is 13.8. The van der Waals surface area contributed by atoms with Crippen molar-refractivity contribution in [3.63, 3.8) is 0 Å². The summed E-state index contributed by atoms with van der Waals surface area (Å²) in [6.45, 7) is 12.8. The SMILES string of the molecule is [CH2-]c1ccc2c(oc3cc(-c4ccccc4)ccc32)c1-c1cc(C(C)C)cc[n+]1[CH2-].[CH2-]c1ccccc1-c1cc[c]([Ge]([CH3])([CH3])[CH3])c[n+]1[CH2-].[Ir]. The van der Waals surface area contributed by atoms with Crippen molar-refractivity contribution in [2.24, 2.45) is 0 Å². The van der Waals surface area contributed by atoms with Crippen LogP contribution in [0, 0.1) is 27.9 Å². The van der Waals surface area contributed by atoms with E-state index in [1.807, 2.05) is 39.6 Å². The van der Waals surface area contributed by atoms with Crippen LogP contribution in [0.4, 0.5) is 0 Å². The normalized spacial score (nSPS) is 11.3. The van der Waals surface area contributed by atoms with Crippen LogP contribution in [0.1, 0.15) is 36.5 Å². The van der Waals surface area contributed by atoms with Gasteiger partial charge in [0.25, 0.3) is 0 Å². The van der Waals surface area contributed by atoms with E-state index in [1.165, 1.54) is 15.5 Å². The van der Waals surface area contributed by atoms with Gasteiger partial charge in [0, 0.05) is 37.9 Å². The summed E-state index contributed by atoms with van der Waals surface area (Å²) in [4.78, 5) is 0. The minimum Gasteiger partial charge on any atom is 0 e. The van der Waals surface area contributed by atoms with Gasteiger partial charge in [-0.3, -0.25) is 0 Å². The number of hydrogen-bond acceptors (Lipinski definition) is 1. The van der Waals surface area contributed by atoms with Crippen LogP contribution < -0.4 is 13.5 Å². The molecular weight excluding hydrogens is 837 g/mol. The van der Waals surface area contributed by atoms with Crippen LogP contribution in [-0.4, -0.2) is 13.3 Å². The maximum Gasteiger partial charge on any atom is 0 e. The molecule has 3 heterocycles. The van der Waals surface area contributed by atoms with Gasteiger partial charge in [-0.15, -0.1) is 6.07 Å². The van der Waals surface area contributed by atoms with Crippen molar-refractivity contribution >= 4 is 39.6 Å². The zero-order chi connectivity index (χ0) is 34.2. The van der Waals surface area contributed by atoms with Gasteiger partial charge in [-0.25, -0.2) is 0 Å². The Balaban J connectivity index is 0.000000212. The molecule has 0 N–H and O–H groups in total. The first-order valence-corrected chi connectivity index (χ1v) is 23.8. The summed E-state index contributed by atoms with van der Waals surface area (Å²) in [6.07, 6.45) is 4.20.